The van der Waals surface area contributed by atoms with E-state index in [-0.39, 0.29) is 11.2 Å². The van der Waals surface area contributed by atoms with E-state index in [1.807, 2.05) is 6.92 Å². The van der Waals surface area contributed by atoms with E-state index in [2.05, 4.69) is 37.7 Å². The van der Waals surface area contributed by atoms with Gasteiger partial charge in [-0.05, 0) is 30.8 Å². The van der Waals surface area contributed by atoms with Crippen LogP contribution in [0.2, 0.25) is 0 Å². The summed E-state index contributed by atoms with van der Waals surface area (Å²) < 4.78 is 26.2. The summed E-state index contributed by atoms with van der Waals surface area (Å²) in [6, 6.07) is 0. The summed E-state index contributed by atoms with van der Waals surface area (Å²) in [4.78, 5) is 0. The minimum atomic E-state index is -3.12. The molecule has 104 valence electrons. The highest BCUT2D eigenvalue weighted by Crippen LogP contribution is 2.24. The minimum absolute atomic E-state index is 0.00522. The molecule has 0 aliphatic heterocycles. The van der Waals surface area contributed by atoms with Gasteiger partial charge in [0.05, 0.1) is 5.75 Å². The minimum Gasteiger partial charge on any atom is -0.317 e. The maximum atomic E-state index is 11.7. The van der Waals surface area contributed by atoms with Crippen LogP contribution in [0.4, 0.5) is 0 Å². The van der Waals surface area contributed by atoms with Crippen LogP contribution in [0.3, 0.4) is 0 Å². The van der Waals surface area contributed by atoms with Crippen molar-refractivity contribution in [3.63, 3.8) is 0 Å². The van der Waals surface area contributed by atoms with Crippen molar-refractivity contribution in [1.82, 2.24) is 10.0 Å². The predicted molar refractivity (Wildman–Crippen MR) is 73.6 cm³/mol. The van der Waals surface area contributed by atoms with Crippen LogP contribution in [-0.2, 0) is 10.0 Å². The summed E-state index contributed by atoms with van der Waals surface area (Å²) in [5, 5.41) is 3.12. The Hall–Kier alpha value is -0.130. The molecule has 0 aromatic heterocycles. The maximum absolute atomic E-state index is 11.7. The molecule has 0 bridgehead atoms. The summed E-state index contributed by atoms with van der Waals surface area (Å²) in [6.07, 6.45) is 0.658. The molecule has 0 saturated heterocycles. The van der Waals surface area contributed by atoms with E-state index >= 15 is 0 Å². The van der Waals surface area contributed by atoms with Crippen LogP contribution < -0.4 is 10.0 Å². The molecular formula is C12H28N2O2S. The lowest BCUT2D eigenvalue weighted by atomic mass is 9.81. The van der Waals surface area contributed by atoms with Gasteiger partial charge in [0.2, 0.25) is 10.0 Å². The molecule has 0 aliphatic rings. The molecule has 0 heterocycles. The van der Waals surface area contributed by atoms with Gasteiger partial charge in [-0.2, -0.15) is 0 Å². The first kappa shape index (κ1) is 16.9. The second kappa shape index (κ2) is 7.34. The van der Waals surface area contributed by atoms with Gasteiger partial charge >= 0.3 is 0 Å². The van der Waals surface area contributed by atoms with Crippen molar-refractivity contribution in [2.75, 3.05) is 25.4 Å². The van der Waals surface area contributed by atoms with Crippen molar-refractivity contribution in [3.05, 3.63) is 0 Å². The van der Waals surface area contributed by atoms with Gasteiger partial charge in [-0.3, -0.25) is 0 Å². The smallest absolute Gasteiger partial charge is 0.211 e. The largest absolute Gasteiger partial charge is 0.317 e. The Kier molecular flexibility index (Phi) is 7.28. The first-order valence-corrected chi connectivity index (χ1v) is 8.04. The highest BCUT2D eigenvalue weighted by Gasteiger charge is 2.24. The molecule has 17 heavy (non-hydrogen) atoms. The predicted octanol–water partition coefficient (Wildman–Crippen LogP) is 1.59. The van der Waals surface area contributed by atoms with Crippen molar-refractivity contribution >= 4 is 10.0 Å². The number of nitrogens with one attached hydrogen (secondary N) is 2. The zero-order valence-electron chi connectivity index (χ0n) is 11.8. The Labute approximate surface area is 107 Å². The summed E-state index contributed by atoms with van der Waals surface area (Å²) in [5.41, 5.74) is -0.00522. The SMILES string of the molecule is CCNCCCS(=O)(=O)NCC(C)(C)C(C)C. The van der Waals surface area contributed by atoms with E-state index in [0.717, 1.165) is 13.1 Å². The summed E-state index contributed by atoms with van der Waals surface area (Å²) in [6.45, 7) is 12.5. The van der Waals surface area contributed by atoms with Crippen LogP contribution in [0.5, 0.6) is 0 Å². The van der Waals surface area contributed by atoms with Crippen LogP contribution in [0, 0.1) is 11.3 Å². The number of sulfonamides is 1. The molecule has 4 nitrogen and oxygen atoms in total. The molecule has 0 aromatic rings. The molecule has 0 radical (unpaired) electrons. The van der Waals surface area contributed by atoms with Gasteiger partial charge in [-0.1, -0.05) is 34.6 Å². The zero-order valence-corrected chi connectivity index (χ0v) is 12.7. The van der Waals surface area contributed by atoms with Crippen LogP contribution in [-0.4, -0.2) is 33.8 Å². The quantitative estimate of drug-likeness (QED) is 0.622. The van der Waals surface area contributed by atoms with Crippen LogP contribution in [0.1, 0.15) is 41.0 Å². The first-order chi connectivity index (χ1) is 7.71. The average Bonchev–Trinajstić information content (AvgIpc) is 2.22. The molecule has 0 atom stereocenters. The lowest BCUT2D eigenvalue weighted by Gasteiger charge is -2.29. The van der Waals surface area contributed by atoms with Gasteiger partial charge in [0.1, 0.15) is 0 Å². The van der Waals surface area contributed by atoms with E-state index in [0.29, 0.717) is 18.9 Å². The summed E-state index contributed by atoms with van der Waals surface area (Å²) >= 11 is 0. The third-order valence-corrected chi connectivity index (χ3v) is 4.74. The Bertz CT molecular complexity index is 298. The number of hydrogen-bond acceptors (Lipinski definition) is 3. The zero-order chi connectivity index (χ0) is 13.5. The molecule has 5 heteroatoms. The monoisotopic (exact) mass is 264 g/mol. The lowest BCUT2D eigenvalue weighted by Crippen LogP contribution is -2.38. The molecule has 0 fully saturated rings. The van der Waals surface area contributed by atoms with E-state index in [4.69, 9.17) is 0 Å². The van der Waals surface area contributed by atoms with Crippen molar-refractivity contribution in [3.8, 4) is 0 Å². The molecule has 0 spiro atoms. The van der Waals surface area contributed by atoms with Crippen molar-refractivity contribution < 1.29 is 8.42 Å². The highest BCUT2D eigenvalue weighted by molar-refractivity contribution is 7.89. The Morgan fingerprint density at radius 1 is 1.24 bits per heavy atom. The molecule has 2 N–H and O–H groups in total. The fraction of sp³-hybridized carbons (Fsp3) is 1.00. The molecule has 0 amide bonds. The third-order valence-electron chi connectivity index (χ3n) is 3.33. The Balaban J connectivity index is 4.02. The Morgan fingerprint density at radius 2 is 1.82 bits per heavy atom. The third kappa shape index (κ3) is 7.73. The summed E-state index contributed by atoms with van der Waals surface area (Å²) in [7, 11) is -3.12. The Morgan fingerprint density at radius 3 is 2.29 bits per heavy atom. The molecule has 0 rings (SSSR count). The highest BCUT2D eigenvalue weighted by atomic mass is 32.2. The maximum Gasteiger partial charge on any atom is 0.211 e. The van der Waals surface area contributed by atoms with Gasteiger partial charge in [-0.15, -0.1) is 0 Å². The van der Waals surface area contributed by atoms with Crippen molar-refractivity contribution in [2.45, 2.75) is 41.0 Å². The second-order valence-electron chi connectivity index (χ2n) is 5.49. The van der Waals surface area contributed by atoms with Crippen molar-refractivity contribution in [2.24, 2.45) is 11.3 Å². The van der Waals surface area contributed by atoms with Crippen LogP contribution >= 0.6 is 0 Å². The lowest BCUT2D eigenvalue weighted by molar-refractivity contribution is 0.252. The van der Waals surface area contributed by atoms with Crippen LogP contribution in [0.25, 0.3) is 0 Å². The van der Waals surface area contributed by atoms with E-state index < -0.39 is 10.0 Å². The molecule has 0 aromatic carbocycles. The molecule has 0 saturated carbocycles. The van der Waals surface area contributed by atoms with E-state index in [9.17, 15) is 8.42 Å². The van der Waals surface area contributed by atoms with Gasteiger partial charge in [0.25, 0.3) is 0 Å². The molecule has 0 unspecified atom stereocenters. The number of rotatable bonds is 9. The van der Waals surface area contributed by atoms with Gasteiger partial charge in [0.15, 0.2) is 0 Å². The van der Waals surface area contributed by atoms with Crippen LogP contribution in [0.15, 0.2) is 0 Å². The standard InChI is InChI=1S/C12H28N2O2S/c1-6-13-8-7-9-17(15,16)14-10-12(4,5)11(2)3/h11,13-14H,6-10H2,1-5H3. The number of hydrogen-bond donors (Lipinski definition) is 2. The summed E-state index contributed by atoms with van der Waals surface area (Å²) in [5.74, 6) is 0.653. The van der Waals surface area contributed by atoms with Crippen molar-refractivity contribution in [1.29, 1.82) is 0 Å². The molecular weight excluding hydrogens is 236 g/mol. The topological polar surface area (TPSA) is 58.2 Å². The van der Waals surface area contributed by atoms with Gasteiger partial charge in [-0.25, -0.2) is 13.1 Å². The second-order valence-corrected chi connectivity index (χ2v) is 7.42. The first-order valence-electron chi connectivity index (χ1n) is 6.39. The fourth-order valence-electron chi connectivity index (χ4n) is 1.14. The fourth-order valence-corrected chi connectivity index (χ4v) is 2.40. The van der Waals surface area contributed by atoms with Gasteiger partial charge in [0, 0.05) is 6.54 Å². The van der Waals surface area contributed by atoms with E-state index in [1.165, 1.54) is 0 Å². The average molecular weight is 264 g/mol. The van der Waals surface area contributed by atoms with Gasteiger partial charge < -0.3 is 5.32 Å². The molecule has 0 aliphatic carbocycles. The normalized spacial score (nSPS) is 13.3. The van der Waals surface area contributed by atoms with E-state index in [1.54, 1.807) is 0 Å².